The zero-order valence-corrected chi connectivity index (χ0v) is 8.28. The van der Waals surface area contributed by atoms with E-state index in [1.165, 1.54) is 18.2 Å². The van der Waals surface area contributed by atoms with Crippen molar-refractivity contribution < 1.29 is 19.0 Å². The fourth-order valence-corrected chi connectivity index (χ4v) is 1.53. The molecule has 1 unspecified atom stereocenters. The molecule has 1 aromatic carbocycles. The molecule has 4 heteroatoms. The van der Waals surface area contributed by atoms with E-state index in [1.807, 2.05) is 0 Å². The summed E-state index contributed by atoms with van der Waals surface area (Å²) in [6.45, 7) is 0.644. The van der Waals surface area contributed by atoms with Crippen molar-refractivity contribution in [3.05, 3.63) is 24.0 Å². The largest absolute Gasteiger partial charge is 0.508 e. The maximum Gasteiger partial charge on any atom is 0.199 e. The molecular weight excluding hydrogens is 199 g/mol. The van der Waals surface area contributed by atoms with Crippen molar-refractivity contribution in [2.45, 2.75) is 25.6 Å². The first-order chi connectivity index (χ1) is 7.25. The van der Waals surface area contributed by atoms with Gasteiger partial charge in [-0.1, -0.05) is 0 Å². The molecule has 1 atom stereocenters. The van der Waals surface area contributed by atoms with Gasteiger partial charge in [-0.2, -0.15) is 0 Å². The van der Waals surface area contributed by atoms with E-state index in [0.29, 0.717) is 6.61 Å². The van der Waals surface area contributed by atoms with Gasteiger partial charge in [-0.15, -0.1) is 0 Å². The molecule has 0 aliphatic carbocycles. The van der Waals surface area contributed by atoms with Crippen LogP contribution >= 0.6 is 0 Å². The van der Waals surface area contributed by atoms with Crippen molar-refractivity contribution in [2.24, 2.45) is 0 Å². The highest BCUT2D eigenvalue weighted by Crippen LogP contribution is 2.25. The predicted molar refractivity (Wildman–Crippen MR) is 52.3 cm³/mol. The second kappa shape index (κ2) is 4.49. The van der Waals surface area contributed by atoms with Crippen molar-refractivity contribution in [3.63, 3.8) is 0 Å². The number of hydrogen-bond acceptors (Lipinski definition) is 3. The monoisotopic (exact) mass is 212 g/mol. The Labute approximate surface area is 87.4 Å². The summed E-state index contributed by atoms with van der Waals surface area (Å²) in [4.78, 5) is 0. The van der Waals surface area contributed by atoms with Gasteiger partial charge in [0.1, 0.15) is 5.75 Å². The molecule has 0 spiro atoms. The van der Waals surface area contributed by atoms with Crippen LogP contribution in [0.2, 0.25) is 0 Å². The van der Waals surface area contributed by atoms with Gasteiger partial charge in [0.2, 0.25) is 0 Å². The van der Waals surface area contributed by atoms with Crippen molar-refractivity contribution in [1.82, 2.24) is 0 Å². The first-order valence-electron chi connectivity index (χ1n) is 5.02. The number of phenolic OH excluding ortho intramolecular Hbond substituents is 1. The van der Waals surface area contributed by atoms with Gasteiger partial charge in [0.15, 0.2) is 17.9 Å². The second-order valence-corrected chi connectivity index (χ2v) is 3.53. The minimum atomic E-state index is -0.484. The predicted octanol–water partition coefficient (Wildman–Crippen LogP) is 2.44. The first-order valence-corrected chi connectivity index (χ1v) is 5.02. The molecule has 2 rings (SSSR count). The first kappa shape index (κ1) is 10.2. The van der Waals surface area contributed by atoms with Gasteiger partial charge in [-0.25, -0.2) is 4.39 Å². The van der Waals surface area contributed by atoms with Gasteiger partial charge in [-0.05, 0) is 25.0 Å². The van der Waals surface area contributed by atoms with Gasteiger partial charge in [0.25, 0.3) is 0 Å². The number of aromatic hydroxyl groups is 1. The van der Waals surface area contributed by atoms with Crippen LogP contribution in [0.1, 0.15) is 19.3 Å². The van der Waals surface area contributed by atoms with Crippen molar-refractivity contribution in [3.8, 4) is 11.5 Å². The summed E-state index contributed by atoms with van der Waals surface area (Å²) >= 11 is 0. The minimum absolute atomic E-state index is 0.0118. The smallest absolute Gasteiger partial charge is 0.199 e. The molecule has 82 valence electrons. The van der Waals surface area contributed by atoms with Crippen LogP contribution in [0.4, 0.5) is 4.39 Å². The van der Waals surface area contributed by atoms with E-state index in [9.17, 15) is 9.50 Å². The number of benzene rings is 1. The van der Waals surface area contributed by atoms with Crippen molar-refractivity contribution in [2.75, 3.05) is 6.61 Å². The van der Waals surface area contributed by atoms with E-state index in [2.05, 4.69) is 0 Å². The summed E-state index contributed by atoms with van der Waals surface area (Å²) in [5, 5.41) is 9.18. The Morgan fingerprint density at radius 3 is 3.00 bits per heavy atom. The van der Waals surface area contributed by atoms with Gasteiger partial charge < -0.3 is 14.6 Å². The number of rotatable bonds is 2. The van der Waals surface area contributed by atoms with Crippen LogP contribution in [0.5, 0.6) is 11.5 Å². The molecule has 1 heterocycles. The molecule has 0 saturated carbocycles. The zero-order chi connectivity index (χ0) is 10.7. The van der Waals surface area contributed by atoms with Crippen LogP contribution in [0.3, 0.4) is 0 Å². The molecule has 0 radical (unpaired) electrons. The zero-order valence-electron chi connectivity index (χ0n) is 8.28. The summed E-state index contributed by atoms with van der Waals surface area (Å²) in [6.07, 6.45) is 2.40. The highest BCUT2D eigenvalue weighted by atomic mass is 19.1. The average Bonchev–Trinajstić information content (AvgIpc) is 2.25. The molecule has 3 nitrogen and oxygen atoms in total. The number of hydrogen-bond donors (Lipinski definition) is 1. The van der Waals surface area contributed by atoms with Crippen LogP contribution < -0.4 is 4.74 Å². The molecule has 1 aliphatic rings. The Balaban J connectivity index is 2.05. The fraction of sp³-hybridized carbons (Fsp3) is 0.455. The Morgan fingerprint density at radius 1 is 1.40 bits per heavy atom. The highest BCUT2D eigenvalue weighted by molar-refractivity contribution is 5.33. The van der Waals surface area contributed by atoms with Crippen molar-refractivity contribution >= 4 is 0 Å². The molecular formula is C11H13FO3. The number of halogens is 1. The third kappa shape index (κ3) is 2.59. The molecule has 1 aromatic rings. The van der Waals surface area contributed by atoms with Gasteiger partial charge in [0.05, 0.1) is 6.61 Å². The quantitative estimate of drug-likeness (QED) is 0.818. The highest BCUT2D eigenvalue weighted by Gasteiger charge is 2.17. The Kier molecular flexibility index (Phi) is 3.06. The number of ether oxygens (including phenoxy) is 2. The van der Waals surface area contributed by atoms with Crippen LogP contribution in [-0.2, 0) is 4.74 Å². The van der Waals surface area contributed by atoms with Crippen LogP contribution in [0.15, 0.2) is 18.2 Å². The summed E-state index contributed by atoms with van der Waals surface area (Å²) in [5.74, 6) is -0.453. The van der Waals surface area contributed by atoms with Crippen LogP contribution in [-0.4, -0.2) is 18.0 Å². The summed E-state index contributed by atoms with van der Waals surface area (Å²) in [6, 6.07) is 3.71. The summed E-state index contributed by atoms with van der Waals surface area (Å²) < 4.78 is 23.8. The Bertz CT molecular complexity index is 335. The lowest BCUT2D eigenvalue weighted by Crippen LogP contribution is -2.25. The Hall–Kier alpha value is -1.29. The minimum Gasteiger partial charge on any atom is -0.508 e. The van der Waals surface area contributed by atoms with E-state index in [0.717, 1.165) is 19.3 Å². The SMILES string of the molecule is Oc1ccc(F)c(OC2CCCCO2)c1. The Morgan fingerprint density at radius 2 is 2.27 bits per heavy atom. The molecule has 1 saturated heterocycles. The standard InChI is InChI=1S/C11H13FO3/c12-9-5-4-8(13)7-10(9)15-11-3-1-2-6-14-11/h4-5,7,11,13H,1-3,6H2. The maximum absolute atomic E-state index is 13.2. The van der Waals surface area contributed by atoms with E-state index in [-0.39, 0.29) is 11.5 Å². The second-order valence-electron chi connectivity index (χ2n) is 3.53. The van der Waals surface area contributed by atoms with Crippen LogP contribution in [0, 0.1) is 5.82 Å². The topological polar surface area (TPSA) is 38.7 Å². The number of phenols is 1. The lowest BCUT2D eigenvalue weighted by molar-refractivity contribution is -0.107. The molecule has 0 amide bonds. The van der Waals surface area contributed by atoms with E-state index in [1.54, 1.807) is 0 Å². The molecule has 0 aromatic heterocycles. The molecule has 0 bridgehead atoms. The third-order valence-electron chi connectivity index (χ3n) is 2.31. The average molecular weight is 212 g/mol. The van der Waals surface area contributed by atoms with Gasteiger partial charge in [0, 0.05) is 12.5 Å². The van der Waals surface area contributed by atoms with Gasteiger partial charge >= 0.3 is 0 Å². The third-order valence-corrected chi connectivity index (χ3v) is 2.31. The van der Waals surface area contributed by atoms with E-state index < -0.39 is 12.1 Å². The summed E-state index contributed by atoms with van der Waals surface area (Å²) in [7, 11) is 0. The molecule has 1 fully saturated rings. The lowest BCUT2D eigenvalue weighted by atomic mass is 10.2. The normalized spacial score (nSPS) is 21.3. The van der Waals surface area contributed by atoms with E-state index >= 15 is 0 Å². The lowest BCUT2D eigenvalue weighted by Gasteiger charge is -2.23. The van der Waals surface area contributed by atoms with Gasteiger partial charge in [-0.3, -0.25) is 0 Å². The van der Waals surface area contributed by atoms with E-state index in [4.69, 9.17) is 9.47 Å². The summed E-state index contributed by atoms with van der Waals surface area (Å²) in [5.41, 5.74) is 0. The van der Waals surface area contributed by atoms with Crippen molar-refractivity contribution in [1.29, 1.82) is 0 Å². The maximum atomic E-state index is 13.2. The fourth-order valence-electron chi connectivity index (χ4n) is 1.53. The van der Waals surface area contributed by atoms with Crippen LogP contribution in [0.25, 0.3) is 0 Å². The molecule has 1 aliphatic heterocycles. The molecule has 15 heavy (non-hydrogen) atoms. The molecule has 1 N–H and O–H groups in total.